The number of rotatable bonds is 11. The summed E-state index contributed by atoms with van der Waals surface area (Å²) in [4.78, 5) is 9.27. The van der Waals surface area contributed by atoms with Crippen molar-refractivity contribution in [2.24, 2.45) is 0 Å². The second-order valence-electron chi connectivity index (χ2n) is 8.52. The van der Waals surface area contributed by atoms with Crippen molar-refractivity contribution < 1.29 is 88.5 Å². The highest BCUT2D eigenvalue weighted by molar-refractivity contribution is 5.11. The number of halogens is 18. The van der Waals surface area contributed by atoms with Crippen LogP contribution in [0.25, 0.3) is 0 Å². The van der Waals surface area contributed by atoms with E-state index in [4.69, 9.17) is 0 Å². The van der Waals surface area contributed by atoms with Gasteiger partial charge in [0.15, 0.2) is 13.2 Å². The van der Waals surface area contributed by atoms with E-state index >= 15 is 0 Å². The Hall–Kier alpha value is -2.65. The predicted octanol–water partition coefficient (Wildman–Crippen LogP) is 7.22. The molecule has 1 aromatic heterocycles. The van der Waals surface area contributed by atoms with Gasteiger partial charge in [0.25, 0.3) is 0 Å². The molecule has 0 radical (unpaired) electrons. The summed E-state index contributed by atoms with van der Waals surface area (Å²) >= 11 is 0. The van der Waals surface area contributed by atoms with Crippen molar-refractivity contribution in [2.45, 2.75) is 79.5 Å². The van der Waals surface area contributed by atoms with Crippen molar-refractivity contribution >= 4 is 0 Å². The first-order valence-electron chi connectivity index (χ1n) is 10.5. The van der Waals surface area contributed by atoms with Crippen molar-refractivity contribution in [3.63, 3.8) is 0 Å². The molecular weight excluding hydrogens is 632 g/mol. The zero-order valence-corrected chi connectivity index (χ0v) is 19.3. The Kier molecular flexibility index (Phi) is 8.90. The van der Waals surface area contributed by atoms with Crippen LogP contribution in [0.5, 0.6) is 12.0 Å². The molecule has 1 heterocycles. The molecule has 5 nitrogen and oxygen atoms in total. The molecule has 0 aromatic carbocycles. The zero-order valence-electron chi connectivity index (χ0n) is 19.3. The van der Waals surface area contributed by atoms with Crippen LogP contribution >= 0.6 is 0 Å². The van der Waals surface area contributed by atoms with Gasteiger partial charge in [-0.05, 0) is 12.8 Å². The molecule has 1 aliphatic rings. The third-order valence-corrected chi connectivity index (χ3v) is 5.52. The Bertz CT molecular complexity index is 994. The first-order valence-corrected chi connectivity index (χ1v) is 10.5. The van der Waals surface area contributed by atoms with Crippen LogP contribution in [0.4, 0.5) is 79.0 Å². The van der Waals surface area contributed by atoms with Gasteiger partial charge >= 0.3 is 59.9 Å². The number of aromatic nitrogens is 3. The van der Waals surface area contributed by atoms with Crippen LogP contribution in [-0.4, -0.2) is 76.1 Å². The lowest BCUT2D eigenvalue weighted by Gasteiger charge is -2.33. The van der Waals surface area contributed by atoms with Gasteiger partial charge in [-0.3, -0.25) is 0 Å². The molecule has 0 saturated heterocycles. The van der Waals surface area contributed by atoms with Gasteiger partial charge in [0.2, 0.25) is 0 Å². The minimum Gasteiger partial charge on any atom is -0.457 e. The standard InChI is InChI=1S/C18H13F18N3O2/c19-11(20,13(23,24)15(27,28)17(31,32)33)5-40-9-37-8(7-3-1-2-4-7)38-10(39-9)41-6-12(21,22)14(25,26)16(29,30)18(34,35)36/h7H,1-6H2. The summed E-state index contributed by atoms with van der Waals surface area (Å²) < 4.78 is 242. The van der Waals surface area contributed by atoms with Gasteiger partial charge < -0.3 is 9.47 Å². The lowest BCUT2D eigenvalue weighted by Crippen LogP contribution is -2.62. The smallest absolute Gasteiger partial charge is 0.457 e. The van der Waals surface area contributed by atoms with Crippen molar-refractivity contribution in [3.8, 4) is 12.0 Å². The van der Waals surface area contributed by atoms with Crippen LogP contribution in [0.3, 0.4) is 0 Å². The highest BCUT2D eigenvalue weighted by Crippen LogP contribution is 2.54. The van der Waals surface area contributed by atoms with Gasteiger partial charge in [-0.2, -0.15) is 89.0 Å². The third-order valence-electron chi connectivity index (χ3n) is 5.52. The molecule has 0 N–H and O–H groups in total. The molecule has 1 aromatic rings. The summed E-state index contributed by atoms with van der Waals surface area (Å²) in [6.07, 6.45) is -13.3. The average Bonchev–Trinajstić information content (AvgIpc) is 3.35. The summed E-state index contributed by atoms with van der Waals surface area (Å²) in [7, 11) is 0. The number of alkyl halides is 18. The summed E-state index contributed by atoms with van der Waals surface area (Å²) in [5.74, 6) is -43.2. The maximum Gasteiger partial charge on any atom is 0.460 e. The molecule has 0 atom stereocenters. The summed E-state index contributed by atoms with van der Waals surface area (Å²) in [5.41, 5.74) is 0. The SMILES string of the molecule is FC(F)(F)C(F)(F)C(F)(F)C(F)(F)COc1nc(OCC(F)(F)C(F)(F)C(F)(F)C(F)(F)F)nc(C2CCCC2)n1. The van der Waals surface area contributed by atoms with E-state index in [1.165, 1.54) is 0 Å². The van der Waals surface area contributed by atoms with Crippen LogP contribution in [0.1, 0.15) is 37.4 Å². The Balaban J connectivity index is 2.37. The summed E-state index contributed by atoms with van der Waals surface area (Å²) in [6.45, 7) is -6.07. The molecule has 0 spiro atoms. The number of hydrogen-bond donors (Lipinski definition) is 0. The van der Waals surface area contributed by atoms with E-state index in [2.05, 4.69) is 24.4 Å². The quantitative estimate of drug-likeness (QED) is 0.238. The van der Waals surface area contributed by atoms with E-state index in [0.717, 1.165) is 0 Å². The minimum atomic E-state index is -7.31. The van der Waals surface area contributed by atoms with Crippen molar-refractivity contribution in [1.29, 1.82) is 0 Å². The highest BCUT2D eigenvalue weighted by Gasteiger charge is 2.83. The second kappa shape index (κ2) is 10.6. The zero-order chi connectivity index (χ0) is 32.1. The van der Waals surface area contributed by atoms with Crippen molar-refractivity contribution in [2.75, 3.05) is 13.2 Å². The Morgan fingerprint density at radius 3 is 1.10 bits per heavy atom. The first-order chi connectivity index (χ1) is 18.1. The van der Waals surface area contributed by atoms with Gasteiger partial charge in [0.05, 0.1) is 0 Å². The molecule has 0 amide bonds. The monoisotopic (exact) mass is 645 g/mol. The predicted molar refractivity (Wildman–Crippen MR) is 93.8 cm³/mol. The van der Waals surface area contributed by atoms with Gasteiger partial charge in [-0.15, -0.1) is 4.98 Å². The fraction of sp³-hybridized carbons (Fsp3) is 0.833. The highest BCUT2D eigenvalue weighted by atomic mass is 19.4. The third kappa shape index (κ3) is 6.26. The summed E-state index contributed by atoms with van der Waals surface area (Å²) in [6, 6.07) is -3.42. The molecule has 2 rings (SSSR count). The molecule has 0 bridgehead atoms. The molecule has 1 fully saturated rings. The van der Waals surface area contributed by atoms with E-state index < -0.39 is 84.9 Å². The van der Waals surface area contributed by atoms with Crippen LogP contribution in [0, 0.1) is 0 Å². The van der Waals surface area contributed by atoms with E-state index in [1.807, 2.05) is 0 Å². The Morgan fingerprint density at radius 2 is 0.805 bits per heavy atom. The van der Waals surface area contributed by atoms with E-state index in [1.54, 1.807) is 0 Å². The second-order valence-corrected chi connectivity index (χ2v) is 8.52. The molecule has 1 aliphatic carbocycles. The molecule has 0 unspecified atom stereocenters. The van der Waals surface area contributed by atoms with E-state index in [-0.39, 0.29) is 12.8 Å². The largest absolute Gasteiger partial charge is 0.460 e. The van der Waals surface area contributed by atoms with Crippen LogP contribution in [-0.2, 0) is 0 Å². The van der Waals surface area contributed by atoms with E-state index in [9.17, 15) is 79.0 Å². The molecular formula is C18H13F18N3O2. The minimum absolute atomic E-state index is 0.126. The van der Waals surface area contributed by atoms with Gasteiger partial charge in [-0.25, -0.2) is 0 Å². The van der Waals surface area contributed by atoms with E-state index in [0.29, 0.717) is 12.8 Å². The lowest BCUT2D eigenvalue weighted by molar-refractivity contribution is -0.398. The number of nitrogens with zero attached hydrogens (tertiary/aromatic N) is 3. The molecule has 1 saturated carbocycles. The summed E-state index contributed by atoms with van der Waals surface area (Å²) in [5, 5.41) is 0. The lowest BCUT2D eigenvalue weighted by atomic mass is 10.0. The van der Waals surface area contributed by atoms with Crippen LogP contribution in [0.15, 0.2) is 0 Å². The maximum absolute atomic E-state index is 13.8. The molecule has 23 heteroatoms. The Labute approximate surface area is 215 Å². The topological polar surface area (TPSA) is 57.1 Å². The van der Waals surface area contributed by atoms with Gasteiger partial charge in [-0.1, -0.05) is 12.8 Å². The fourth-order valence-electron chi connectivity index (χ4n) is 3.16. The van der Waals surface area contributed by atoms with Crippen LogP contribution in [0.2, 0.25) is 0 Å². The van der Waals surface area contributed by atoms with Gasteiger partial charge in [0, 0.05) is 5.92 Å². The van der Waals surface area contributed by atoms with Gasteiger partial charge in [0.1, 0.15) is 5.82 Å². The maximum atomic E-state index is 13.8. The molecule has 238 valence electrons. The van der Waals surface area contributed by atoms with Crippen molar-refractivity contribution in [1.82, 2.24) is 15.0 Å². The van der Waals surface area contributed by atoms with Crippen LogP contribution < -0.4 is 9.47 Å². The average molecular weight is 645 g/mol. The number of ether oxygens (including phenoxy) is 2. The van der Waals surface area contributed by atoms with Crippen molar-refractivity contribution in [3.05, 3.63) is 5.82 Å². The first kappa shape index (κ1) is 34.6. The molecule has 41 heavy (non-hydrogen) atoms. The number of hydrogen-bond acceptors (Lipinski definition) is 5. The fourth-order valence-corrected chi connectivity index (χ4v) is 3.16. The normalized spacial score (nSPS) is 17.2. The molecule has 0 aliphatic heterocycles. The Morgan fingerprint density at radius 1 is 0.488 bits per heavy atom.